The number of carbonyl (C=O) groups excluding carboxylic acids is 1. The van der Waals surface area contributed by atoms with Gasteiger partial charge in [0.25, 0.3) is 5.91 Å². The zero-order valence-electron chi connectivity index (χ0n) is 15.7. The van der Waals surface area contributed by atoms with E-state index in [1.165, 1.54) is 11.8 Å². The number of thioether (sulfide) groups is 1. The Morgan fingerprint density at radius 2 is 1.89 bits per heavy atom. The zero-order chi connectivity index (χ0) is 19.9. The molecule has 2 aromatic carbocycles. The SMILES string of the molecule is CCOc1cc(/C=C2/SC(=S)NC2=O)ccc1OCCOc1cccc(C)c1. The second kappa shape index (κ2) is 9.61. The van der Waals surface area contributed by atoms with E-state index in [0.717, 1.165) is 16.9 Å². The first-order valence-corrected chi connectivity index (χ1v) is 10.1. The van der Waals surface area contributed by atoms with Crippen molar-refractivity contribution >= 4 is 40.3 Å². The van der Waals surface area contributed by atoms with E-state index in [-0.39, 0.29) is 5.91 Å². The maximum atomic E-state index is 11.8. The Hall–Kier alpha value is -2.51. The van der Waals surface area contributed by atoms with Gasteiger partial charge in [-0.15, -0.1) is 0 Å². The summed E-state index contributed by atoms with van der Waals surface area (Å²) in [7, 11) is 0. The third kappa shape index (κ3) is 5.50. The fourth-order valence-corrected chi connectivity index (χ4v) is 3.63. The number of aryl methyl sites for hydroxylation is 1. The zero-order valence-corrected chi connectivity index (χ0v) is 17.3. The molecule has 28 heavy (non-hydrogen) atoms. The predicted molar refractivity (Wildman–Crippen MR) is 116 cm³/mol. The normalized spacial score (nSPS) is 14.9. The Labute approximate surface area is 174 Å². The molecule has 2 aromatic rings. The molecule has 0 radical (unpaired) electrons. The van der Waals surface area contributed by atoms with Crippen LogP contribution in [0.25, 0.3) is 6.08 Å². The number of thiocarbonyl (C=S) groups is 1. The Morgan fingerprint density at radius 3 is 2.61 bits per heavy atom. The molecule has 1 amide bonds. The van der Waals surface area contributed by atoms with Gasteiger partial charge in [-0.2, -0.15) is 0 Å². The third-order valence-corrected chi connectivity index (χ3v) is 4.97. The van der Waals surface area contributed by atoms with Crippen molar-refractivity contribution in [2.24, 2.45) is 0 Å². The Kier molecular flexibility index (Phi) is 6.95. The van der Waals surface area contributed by atoms with Gasteiger partial charge in [0, 0.05) is 0 Å². The van der Waals surface area contributed by atoms with Crippen molar-refractivity contribution in [2.45, 2.75) is 13.8 Å². The number of rotatable bonds is 8. The molecule has 0 bridgehead atoms. The lowest BCUT2D eigenvalue weighted by atomic mass is 10.2. The number of amides is 1. The van der Waals surface area contributed by atoms with Gasteiger partial charge in [-0.25, -0.2) is 0 Å². The minimum absolute atomic E-state index is 0.179. The highest BCUT2D eigenvalue weighted by atomic mass is 32.2. The van der Waals surface area contributed by atoms with E-state index >= 15 is 0 Å². The van der Waals surface area contributed by atoms with Crippen molar-refractivity contribution in [3.63, 3.8) is 0 Å². The lowest BCUT2D eigenvalue weighted by Gasteiger charge is -2.13. The van der Waals surface area contributed by atoms with Crippen LogP contribution in [0.1, 0.15) is 18.1 Å². The van der Waals surface area contributed by atoms with E-state index in [9.17, 15) is 4.79 Å². The van der Waals surface area contributed by atoms with Crippen LogP contribution in [-0.4, -0.2) is 30.0 Å². The summed E-state index contributed by atoms with van der Waals surface area (Å²) < 4.78 is 17.7. The van der Waals surface area contributed by atoms with Gasteiger partial charge in [-0.05, 0) is 55.3 Å². The van der Waals surface area contributed by atoms with E-state index in [0.29, 0.717) is 40.5 Å². The molecule has 1 aliphatic rings. The quantitative estimate of drug-likeness (QED) is 0.393. The summed E-state index contributed by atoms with van der Waals surface area (Å²) in [5, 5.41) is 2.61. The summed E-state index contributed by atoms with van der Waals surface area (Å²) in [6.07, 6.45) is 1.78. The smallest absolute Gasteiger partial charge is 0.263 e. The highest BCUT2D eigenvalue weighted by Crippen LogP contribution is 2.32. The molecule has 0 saturated carbocycles. The van der Waals surface area contributed by atoms with Crippen molar-refractivity contribution in [3.8, 4) is 17.2 Å². The summed E-state index contributed by atoms with van der Waals surface area (Å²) >= 11 is 6.26. The molecule has 1 saturated heterocycles. The van der Waals surface area contributed by atoms with Crippen LogP contribution >= 0.6 is 24.0 Å². The average Bonchev–Trinajstić information content (AvgIpc) is 2.97. The largest absolute Gasteiger partial charge is 0.490 e. The summed E-state index contributed by atoms with van der Waals surface area (Å²) in [6, 6.07) is 13.4. The molecular weight excluding hydrogens is 394 g/mol. The van der Waals surface area contributed by atoms with Crippen LogP contribution in [0.3, 0.4) is 0 Å². The number of carbonyl (C=O) groups is 1. The van der Waals surface area contributed by atoms with E-state index in [4.69, 9.17) is 26.4 Å². The molecule has 1 fully saturated rings. The van der Waals surface area contributed by atoms with E-state index in [1.807, 2.05) is 56.3 Å². The molecule has 0 atom stereocenters. The van der Waals surface area contributed by atoms with Gasteiger partial charge in [0.05, 0.1) is 11.5 Å². The number of hydrogen-bond acceptors (Lipinski definition) is 6. The highest BCUT2D eigenvalue weighted by Gasteiger charge is 2.22. The van der Waals surface area contributed by atoms with Crippen molar-refractivity contribution in [3.05, 3.63) is 58.5 Å². The van der Waals surface area contributed by atoms with Crippen molar-refractivity contribution in [2.75, 3.05) is 19.8 Å². The van der Waals surface area contributed by atoms with Gasteiger partial charge in [0.15, 0.2) is 11.5 Å². The minimum atomic E-state index is -0.179. The molecule has 3 rings (SSSR count). The first-order chi connectivity index (χ1) is 13.5. The number of nitrogens with one attached hydrogen (secondary N) is 1. The lowest BCUT2D eigenvalue weighted by Crippen LogP contribution is -2.17. The van der Waals surface area contributed by atoms with Crippen LogP contribution in [0.2, 0.25) is 0 Å². The van der Waals surface area contributed by atoms with Crippen molar-refractivity contribution in [1.82, 2.24) is 5.32 Å². The standard InChI is InChI=1S/C21H21NO4S2/c1-3-24-18-12-15(13-19-20(23)22-21(27)28-19)7-8-17(18)26-10-9-25-16-6-4-5-14(2)11-16/h4-8,11-13H,3,9-10H2,1-2H3,(H,22,23,27)/b19-13+. The average molecular weight is 416 g/mol. The number of hydrogen-bond donors (Lipinski definition) is 1. The fraction of sp³-hybridized carbons (Fsp3) is 0.238. The van der Waals surface area contributed by atoms with Gasteiger partial charge in [0.1, 0.15) is 23.3 Å². The Morgan fingerprint density at radius 1 is 1.07 bits per heavy atom. The minimum Gasteiger partial charge on any atom is -0.490 e. The van der Waals surface area contributed by atoms with Gasteiger partial charge in [-0.1, -0.05) is 42.2 Å². The van der Waals surface area contributed by atoms with Gasteiger partial charge in [-0.3, -0.25) is 4.79 Å². The van der Waals surface area contributed by atoms with Gasteiger partial charge in [0.2, 0.25) is 0 Å². The molecule has 1 heterocycles. The molecule has 0 spiro atoms. The molecule has 1 aliphatic heterocycles. The molecule has 146 valence electrons. The topological polar surface area (TPSA) is 56.8 Å². The van der Waals surface area contributed by atoms with Crippen LogP contribution in [-0.2, 0) is 4.79 Å². The van der Waals surface area contributed by atoms with Crippen molar-refractivity contribution in [1.29, 1.82) is 0 Å². The predicted octanol–water partition coefficient (Wildman–Crippen LogP) is 4.34. The Bertz CT molecular complexity index is 911. The summed E-state index contributed by atoms with van der Waals surface area (Å²) in [5.41, 5.74) is 1.99. The second-order valence-electron chi connectivity index (χ2n) is 6.00. The van der Waals surface area contributed by atoms with Crippen LogP contribution in [0.5, 0.6) is 17.2 Å². The lowest BCUT2D eigenvalue weighted by molar-refractivity contribution is -0.115. The highest BCUT2D eigenvalue weighted by molar-refractivity contribution is 8.26. The molecular formula is C21H21NO4S2. The van der Waals surface area contributed by atoms with Crippen LogP contribution in [0.15, 0.2) is 47.4 Å². The summed E-state index contributed by atoms with van der Waals surface area (Å²) in [5.74, 6) is 1.90. The van der Waals surface area contributed by atoms with Crippen molar-refractivity contribution < 1.29 is 19.0 Å². The number of benzene rings is 2. The maximum absolute atomic E-state index is 11.8. The molecule has 0 unspecified atom stereocenters. The maximum Gasteiger partial charge on any atom is 0.263 e. The summed E-state index contributed by atoms with van der Waals surface area (Å²) in [6.45, 7) is 5.26. The third-order valence-electron chi connectivity index (χ3n) is 3.81. The number of ether oxygens (including phenoxy) is 3. The van der Waals surface area contributed by atoms with Crippen LogP contribution in [0, 0.1) is 6.92 Å². The molecule has 0 aliphatic carbocycles. The van der Waals surface area contributed by atoms with E-state index in [2.05, 4.69) is 5.32 Å². The Balaban J connectivity index is 1.63. The van der Waals surface area contributed by atoms with E-state index in [1.54, 1.807) is 6.08 Å². The van der Waals surface area contributed by atoms with Crippen LogP contribution in [0.4, 0.5) is 0 Å². The van der Waals surface area contributed by atoms with Gasteiger partial charge >= 0.3 is 0 Å². The molecule has 7 heteroatoms. The van der Waals surface area contributed by atoms with Gasteiger partial charge < -0.3 is 19.5 Å². The molecule has 5 nitrogen and oxygen atoms in total. The van der Waals surface area contributed by atoms with Crippen LogP contribution < -0.4 is 19.5 Å². The second-order valence-corrected chi connectivity index (χ2v) is 7.72. The fourth-order valence-electron chi connectivity index (χ4n) is 2.59. The first kappa shape index (κ1) is 20.2. The first-order valence-electron chi connectivity index (χ1n) is 8.89. The van der Waals surface area contributed by atoms with E-state index < -0.39 is 0 Å². The molecule has 1 N–H and O–H groups in total. The monoisotopic (exact) mass is 415 g/mol. The molecule has 0 aromatic heterocycles. The summed E-state index contributed by atoms with van der Waals surface area (Å²) in [4.78, 5) is 12.4.